The molecule has 0 atom stereocenters. The summed E-state index contributed by atoms with van der Waals surface area (Å²) >= 11 is 2.96. The van der Waals surface area contributed by atoms with Crippen molar-refractivity contribution in [3.05, 3.63) is 70.0 Å². The van der Waals surface area contributed by atoms with Gasteiger partial charge in [-0.25, -0.2) is 4.98 Å². The number of thioether (sulfide) groups is 2. The van der Waals surface area contributed by atoms with E-state index in [2.05, 4.69) is 4.98 Å². The fourth-order valence-corrected chi connectivity index (χ4v) is 3.54. The van der Waals surface area contributed by atoms with Crippen LogP contribution in [0.4, 0.5) is 0 Å². The summed E-state index contributed by atoms with van der Waals surface area (Å²) in [5, 5.41) is 9.91. The highest BCUT2D eigenvalue weighted by molar-refractivity contribution is 7.98. The number of nitrogens with zero attached hydrogens (tertiary/aromatic N) is 3. The number of hydrogen-bond acceptors (Lipinski definition) is 5. The van der Waals surface area contributed by atoms with E-state index < -0.39 is 0 Å². The molecule has 3 aromatic rings. The first-order valence-corrected chi connectivity index (χ1v) is 10.4. The summed E-state index contributed by atoms with van der Waals surface area (Å²) in [4.78, 5) is 18.8. The van der Waals surface area contributed by atoms with Gasteiger partial charge >= 0.3 is 0 Å². The van der Waals surface area contributed by atoms with E-state index in [-0.39, 0.29) is 11.1 Å². The molecule has 26 heavy (non-hydrogen) atoms. The molecule has 1 heterocycles. The molecular formula is C20H17N3OS2. The summed E-state index contributed by atoms with van der Waals surface area (Å²) in [5.74, 6) is 0.537. The van der Waals surface area contributed by atoms with Gasteiger partial charge in [0.25, 0.3) is 5.56 Å². The molecule has 1 aromatic heterocycles. The Labute approximate surface area is 160 Å². The Morgan fingerprint density at radius 3 is 2.19 bits per heavy atom. The van der Waals surface area contributed by atoms with Gasteiger partial charge in [0, 0.05) is 10.5 Å². The monoisotopic (exact) mass is 379 g/mol. The van der Waals surface area contributed by atoms with Crippen molar-refractivity contribution in [2.75, 3.05) is 12.5 Å². The van der Waals surface area contributed by atoms with Gasteiger partial charge in [0.2, 0.25) is 0 Å². The molecule has 0 saturated heterocycles. The molecule has 0 unspecified atom stereocenters. The van der Waals surface area contributed by atoms with Crippen molar-refractivity contribution >= 4 is 23.5 Å². The number of hydrogen-bond donors (Lipinski definition) is 0. The average molecular weight is 380 g/mol. The third kappa shape index (κ3) is 3.41. The number of aromatic nitrogens is 2. The van der Waals surface area contributed by atoms with Crippen molar-refractivity contribution in [2.24, 2.45) is 0 Å². The maximum Gasteiger partial charge on any atom is 0.277 e. The first kappa shape index (κ1) is 18.3. The van der Waals surface area contributed by atoms with Crippen molar-refractivity contribution in [1.82, 2.24) is 9.55 Å². The van der Waals surface area contributed by atoms with Crippen LogP contribution in [0.1, 0.15) is 11.1 Å². The van der Waals surface area contributed by atoms with E-state index in [9.17, 15) is 10.1 Å². The summed E-state index contributed by atoms with van der Waals surface area (Å²) in [6.07, 6.45) is 3.84. The second-order valence-corrected chi connectivity index (χ2v) is 7.31. The third-order valence-corrected chi connectivity index (χ3v) is 5.42. The van der Waals surface area contributed by atoms with Crippen molar-refractivity contribution in [2.45, 2.75) is 16.8 Å². The van der Waals surface area contributed by atoms with Gasteiger partial charge in [-0.3, -0.25) is 9.36 Å². The van der Waals surface area contributed by atoms with Crippen LogP contribution in [0, 0.1) is 18.3 Å². The van der Waals surface area contributed by atoms with Crippen molar-refractivity contribution < 1.29 is 0 Å². The lowest BCUT2D eigenvalue weighted by Crippen LogP contribution is -2.25. The Kier molecular flexibility index (Phi) is 5.50. The van der Waals surface area contributed by atoms with E-state index in [0.29, 0.717) is 16.5 Å². The molecule has 0 bridgehead atoms. The summed E-state index contributed by atoms with van der Waals surface area (Å²) in [7, 11) is 0. The molecule has 0 aliphatic rings. The lowest BCUT2D eigenvalue weighted by molar-refractivity contribution is 0.892. The molecular weight excluding hydrogens is 362 g/mol. The second-order valence-electron chi connectivity index (χ2n) is 5.64. The first-order valence-electron chi connectivity index (χ1n) is 7.91. The van der Waals surface area contributed by atoms with Crippen LogP contribution in [0.15, 0.2) is 63.2 Å². The maximum atomic E-state index is 13.1. The number of benzene rings is 2. The van der Waals surface area contributed by atoms with Crippen LogP contribution in [0.3, 0.4) is 0 Å². The third-order valence-electron chi connectivity index (χ3n) is 4.00. The molecule has 4 nitrogen and oxygen atoms in total. The van der Waals surface area contributed by atoms with Gasteiger partial charge in [0.05, 0.1) is 5.69 Å². The summed E-state index contributed by atoms with van der Waals surface area (Å²) in [6.45, 7) is 1.99. The maximum absolute atomic E-state index is 13.1. The highest BCUT2D eigenvalue weighted by Gasteiger charge is 2.18. The number of rotatable bonds is 4. The molecule has 0 aliphatic carbocycles. The van der Waals surface area contributed by atoms with E-state index in [1.54, 1.807) is 11.8 Å². The van der Waals surface area contributed by atoms with Gasteiger partial charge in [0.15, 0.2) is 0 Å². The molecule has 130 valence electrons. The highest BCUT2D eigenvalue weighted by Crippen LogP contribution is 2.26. The zero-order valence-corrected chi connectivity index (χ0v) is 16.3. The van der Waals surface area contributed by atoms with Gasteiger partial charge < -0.3 is 0 Å². The molecule has 6 heteroatoms. The molecule has 2 aromatic carbocycles. The first-order chi connectivity index (χ1) is 12.6. The van der Waals surface area contributed by atoms with Gasteiger partial charge in [-0.1, -0.05) is 29.8 Å². The lowest BCUT2D eigenvalue weighted by Gasteiger charge is -2.15. The van der Waals surface area contributed by atoms with Crippen LogP contribution in [0.5, 0.6) is 0 Å². The zero-order valence-electron chi connectivity index (χ0n) is 14.7. The molecule has 0 aliphatic heterocycles. The average Bonchev–Trinajstić information content (AvgIpc) is 2.68. The molecule has 0 fully saturated rings. The summed E-state index contributed by atoms with van der Waals surface area (Å²) in [5.41, 5.74) is 2.35. The lowest BCUT2D eigenvalue weighted by atomic mass is 10.1. The summed E-state index contributed by atoms with van der Waals surface area (Å²) in [6, 6.07) is 17.6. The minimum absolute atomic E-state index is 0.0718. The second kappa shape index (κ2) is 7.81. The highest BCUT2D eigenvalue weighted by atomic mass is 32.2. The largest absolute Gasteiger partial charge is 0.277 e. The predicted molar refractivity (Wildman–Crippen MR) is 108 cm³/mol. The van der Waals surface area contributed by atoms with Gasteiger partial charge in [-0.2, -0.15) is 5.26 Å². The number of nitriles is 1. The molecule has 0 N–H and O–H groups in total. The van der Waals surface area contributed by atoms with E-state index in [0.717, 1.165) is 16.0 Å². The quantitative estimate of drug-likeness (QED) is 0.493. The topological polar surface area (TPSA) is 58.7 Å². The van der Waals surface area contributed by atoms with Gasteiger partial charge in [-0.05, 0) is 43.7 Å². The van der Waals surface area contributed by atoms with E-state index >= 15 is 0 Å². The van der Waals surface area contributed by atoms with E-state index in [4.69, 9.17) is 0 Å². The Morgan fingerprint density at radius 2 is 1.65 bits per heavy atom. The Balaban J connectivity index is 2.33. The SMILES string of the molecule is CSc1ccc(-c2nc(SC)c(C#N)c(=O)n2-c2ccc(C)cc2)cc1. The normalized spacial score (nSPS) is 10.5. The van der Waals surface area contributed by atoms with Crippen molar-refractivity contribution in [3.8, 4) is 23.1 Å². The summed E-state index contributed by atoms with van der Waals surface area (Å²) < 4.78 is 1.52. The predicted octanol–water partition coefficient (Wildman–Crippen LogP) is 4.52. The molecule has 0 radical (unpaired) electrons. The zero-order chi connectivity index (χ0) is 18.7. The van der Waals surface area contributed by atoms with Gasteiger partial charge in [-0.15, -0.1) is 23.5 Å². The van der Waals surface area contributed by atoms with Crippen LogP contribution in [-0.4, -0.2) is 22.1 Å². The minimum atomic E-state index is -0.348. The van der Waals surface area contributed by atoms with Crippen molar-refractivity contribution in [3.63, 3.8) is 0 Å². The van der Waals surface area contributed by atoms with Crippen LogP contribution in [0.2, 0.25) is 0 Å². The van der Waals surface area contributed by atoms with Gasteiger partial charge in [0.1, 0.15) is 22.5 Å². The van der Waals surface area contributed by atoms with Crippen LogP contribution in [0.25, 0.3) is 17.1 Å². The van der Waals surface area contributed by atoms with Crippen molar-refractivity contribution in [1.29, 1.82) is 5.26 Å². The van der Waals surface area contributed by atoms with Crippen LogP contribution >= 0.6 is 23.5 Å². The minimum Gasteiger partial charge on any atom is -0.267 e. The smallest absolute Gasteiger partial charge is 0.267 e. The fourth-order valence-electron chi connectivity index (χ4n) is 2.61. The molecule has 0 saturated carbocycles. The Hall–Kier alpha value is -2.49. The molecule has 0 amide bonds. The van der Waals surface area contributed by atoms with E-state index in [1.165, 1.54) is 16.3 Å². The van der Waals surface area contributed by atoms with E-state index in [1.807, 2.05) is 74.0 Å². The van der Waals surface area contributed by atoms with Crippen LogP contribution < -0.4 is 5.56 Å². The Morgan fingerprint density at radius 1 is 1.00 bits per heavy atom. The standard InChI is InChI=1S/C20H17N3OS2/c1-13-4-8-15(9-5-13)23-18(14-6-10-16(25-2)11-7-14)22-19(26-3)17(12-21)20(23)24/h4-11H,1-3H3. The fraction of sp³-hybridized carbons (Fsp3) is 0.150. The molecule has 3 rings (SSSR count). The van der Waals surface area contributed by atoms with Crippen LogP contribution in [-0.2, 0) is 0 Å². The number of aryl methyl sites for hydroxylation is 1. The molecule has 0 spiro atoms. The Bertz CT molecular complexity index is 1030.